The van der Waals surface area contributed by atoms with Crippen LogP contribution in [0, 0.1) is 0 Å². The third-order valence-electron chi connectivity index (χ3n) is 4.04. The number of likely N-dealkylation sites (N-methyl/N-ethyl adjacent to an activating group) is 1. The van der Waals surface area contributed by atoms with E-state index in [1.165, 1.54) is 0 Å². The van der Waals surface area contributed by atoms with Crippen LogP contribution >= 0.6 is 15.9 Å². The molecule has 1 aromatic carbocycles. The Morgan fingerprint density at radius 2 is 2.10 bits per heavy atom. The Kier molecular flexibility index (Phi) is 5.18. The number of hydrogen-bond acceptors (Lipinski definition) is 3. The molecule has 0 radical (unpaired) electrons. The van der Waals surface area contributed by atoms with E-state index in [1.54, 1.807) is 0 Å². The number of amides is 1. The summed E-state index contributed by atoms with van der Waals surface area (Å²) in [5.74, 6) is -0.0287. The largest absolute Gasteiger partial charge is 0.381 e. The summed E-state index contributed by atoms with van der Waals surface area (Å²) in [4.78, 5) is 14.4. The molecule has 1 N–H and O–H groups in total. The molecular formula is C15H21BrN2O2. The summed E-state index contributed by atoms with van der Waals surface area (Å²) in [5, 5.41) is 3.06. The van der Waals surface area contributed by atoms with Crippen molar-refractivity contribution in [2.75, 3.05) is 33.9 Å². The Morgan fingerprint density at radius 1 is 1.40 bits per heavy atom. The highest BCUT2D eigenvalue weighted by molar-refractivity contribution is 9.10. The second-order valence-electron chi connectivity index (χ2n) is 5.42. The quantitative estimate of drug-likeness (QED) is 0.914. The molecule has 110 valence electrons. The maximum absolute atomic E-state index is 12.2. The predicted molar refractivity (Wildman–Crippen MR) is 82.9 cm³/mol. The third-order valence-corrected chi connectivity index (χ3v) is 4.53. The number of ether oxygens (including phenoxy) is 1. The molecular weight excluding hydrogens is 320 g/mol. The standard InChI is InChI=1S/C15H21BrN2O2/c1-18(2)15(6-8-20-9-7-15)11-17-14(19)12-4-3-5-13(16)10-12/h3-5,10H,6-9,11H2,1-2H3,(H,17,19). The van der Waals surface area contributed by atoms with Crippen LogP contribution in [0.5, 0.6) is 0 Å². The maximum Gasteiger partial charge on any atom is 0.251 e. The second kappa shape index (κ2) is 6.70. The van der Waals surface area contributed by atoms with Gasteiger partial charge in [0.1, 0.15) is 0 Å². The lowest BCUT2D eigenvalue weighted by Crippen LogP contribution is -2.55. The molecule has 0 aliphatic carbocycles. The molecule has 1 amide bonds. The van der Waals surface area contributed by atoms with E-state index in [2.05, 4.69) is 40.2 Å². The monoisotopic (exact) mass is 340 g/mol. The van der Waals surface area contributed by atoms with Gasteiger partial charge in [-0.05, 0) is 45.1 Å². The highest BCUT2D eigenvalue weighted by Gasteiger charge is 2.35. The predicted octanol–water partition coefficient (Wildman–Crippen LogP) is 2.29. The van der Waals surface area contributed by atoms with Gasteiger partial charge in [-0.3, -0.25) is 4.79 Å². The van der Waals surface area contributed by atoms with Gasteiger partial charge in [0.2, 0.25) is 0 Å². The average Bonchev–Trinajstić information content (AvgIpc) is 2.45. The molecule has 1 aromatic rings. The number of benzene rings is 1. The summed E-state index contributed by atoms with van der Waals surface area (Å²) in [5.41, 5.74) is 0.681. The fourth-order valence-corrected chi connectivity index (χ4v) is 2.91. The molecule has 0 aromatic heterocycles. The van der Waals surface area contributed by atoms with E-state index in [0.717, 1.165) is 30.5 Å². The van der Waals surface area contributed by atoms with Crippen molar-refractivity contribution in [3.8, 4) is 0 Å². The summed E-state index contributed by atoms with van der Waals surface area (Å²) < 4.78 is 6.35. The minimum atomic E-state index is -0.0287. The summed E-state index contributed by atoms with van der Waals surface area (Å²) in [6.07, 6.45) is 1.89. The molecule has 0 spiro atoms. The van der Waals surface area contributed by atoms with Crippen LogP contribution in [-0.4, -0.2) is 50.2 Å². The average molecular weight is 341 g/mol. The molecule has 0 bridgehead atoms. The normalized spacial score (nSPS) is 18.0. The summed E-state index contributed by atoms with van der Waals surface area (Å²) >= 11 is 3.39. The summed E-state index contributed by atoms with van der Waals surface area (Å²) in [6.45, 7) is 2.16. The van der Waals surface area contributed by atoms with Crippen molar-refractivity contribution < 1.29 is 9.53 Å². The highest BCUT2D eigenvalue weighted by atomic mass is 79.9. The third kappa shape index (κ3) is 3.59. The first-order valence-electron chi connectivity index (χ1n) is 6.82. The number of nitrogens with one attached hydrogen (secondary N) is 1. The van der Waals surface area contributed by atoms with E-state index < -0.39 is 0 Å². The first-order chi connectivity index (χ1) is 9.53. The number of carbonyl (C=O) groups is 1. The van der Waals surface area contributed by atoms with Gasteiger partial charge < -0.3 is 15.0 Å². The molecule has 0 saturated carbocycles. The van der Waals surface area contributed by atoms with Crippen molar-refractivity contribution in [1.29, 1.82) is 0 Å². The molecule has 0 unspecified atom stereocenters. The topological polar surface area (TPSA) is 41.6 Å². The van der Waals surface area contributed by atoms with E-state index in [9.17, 15) is 4.79 Å². The Morgan fingerprint density at radius 3 is 2.70 bits per heavy atom. The van der Waals surface area contributed by atoms with Crippen molar-refractivity contribution >= 4 is 21.8 Å². The molecule has 5 heteroatoms. The van der Waals surface area contributed by atoms with Gasteiger partial charge in [0.15, 0.2) is 0 Å². The first-order valence-corrected chi connectivity index (χ1v) is 7.62. The van der Waals surface area contributed by atoms with Gasteiger partial charge in [0, 0.05) is 35.3 Å². The first kappa shape index (κ1) is 15.5. The highest BCUT2D eigenvalue weighted by Crippen LogP contribution is 2.25. The molecule has 1 aliphatic heterocycles. The second-order valence-corrected chi connectivity index (χ2v) is 6.34. The van der Waals surface area contributed by atoms with Crippen LogP contribution in [0.25, 0.3) is 0 Å². The lowest BCUT2D eigenvalue weighted by atomic mass is 9.88. The fourth-order valence-electron chi connectivity index (χ4n) is 2.51. The molecule has 4 nitrogen and oxygen atoms in total. The Hall–Kier alpha value is -0.910. The molecule has 0 atom stereocenters. The smallest absolute Gasteiger partial charge is 0.251 e. The van der Waals surface area contributed by atoms with Crippen LogP contribution in [0.4, 0.5) is 0 Å². The van der Waals surface area contributed by atoms with Crippen molar-refractivity contribution in [3.05, 3.63) is 34.3 Å². The minimum absolute atomic E-state index is 0.0000769. The number of hydrogen-bond donors (Lipinski definition) is 1. The van der Waals surface area contributed by atoms with Crippen LogP contribution in [0.1, 0.15) is 23.2 Å². The van der Waals surface area contributed by atoms with Gasteiger partial charge in [-0.2, -0.15) is 0 Å². The van der Waals surface area contributed by atoms with Crippen LogP contribution in [0.2, 0.25) is 0 Å². The molecule has 20 heavy (non-hydrogen) atoms. The number of halogens is 1. The van der Waals surface area contributed by atoms with E-state index >= 15 is 0 Å². The van der Waals surface area contributed by atoms with Crippen molar-refractivity contribution in [1.82, 2.24) is 10.2 Å². The molecule has 2 rings (SSSR count). The van der Waals surface area contributed by atoms with Crippen molar-refractivity contribution in [2.24, 2.45) is 0 Å². The van der Waals surface area contributed by atoms with Gasteiger partial charge in [0.05, 0.1) is 0 Å². The van der Waals surface area contributed by atoms with Crippen molar-refractivity contribution in [2.45, 2.75) is 18.4 Å². The SMILES string of the molecule is CN(C)C1(CNC(=O)c2cccc(Br)c2)CCOCC1. The Labute approximate surface area is 128 Å². The van der Waals surface area contributed by atoms with Crippen LogP contribution in [0.3, 0.4) is 0 Å². The van der Waals surface area contributed by atoms with Gasteiger partial charge in [0.25, 0.3) is 5.91 Å². The maximum atomic E-state index is 12.2. The molecule has 1 aliphatic rings. The van der Waals surface area contributed by atoms with E-state index in [1.807, 2.05) is 24.3 Å². The van der Waals surface area contributed by atoms with E-state index in [-0.39, 0.29) is 11.4 Å². The zero-order valence-corrected chi connectivity index (χ0v) is 13.6. The fraction of sp³-hybridized carbons (Fsp3) is 0.533. The number of nitrogens with zero attached hydrogens (tertiary/aromatic N) is 1. The molecule has 1 saturated heterocycles. The minimum Gasteiger partial charge on any atom is -0.381 e. The van der Waals surface area contributed by atoms with Gasteiger partial charge in [-0.15, -0.1) is 0 Å². The number of carbonyl (C=O) groups excluding carboxylic acids is 1. The zero-order valence-electron chi connectivity index (χ0n) is 12.0. The summed E-state index contributed by atoms with van der Waals surface area (Å²) in [7, 11) is 4.13. The van der Waals surface area contributed by atoms with Crippen LogP contribution in [0.15, 0.2) is 28.7 Å². The Balaban J connectivity index is 2.00. The van der Waals surface area contributed by atoms with Gasteiger partial charge in [-0.25, -0.2) is 0 Å². The van der Waals surface area contributed by atoms with Gasteiger partial charge in [-0.1, -0.05) is 22.0 Å². The van der Waals surface area contributed by atoms with Gasteiger partial charge >= 0.3 is 0 Å². The zero-order chi connectivity index (χ0) is 14.6. The van der Waals surface area contributed by atoms with E-state index in [4.69, 9.17) is 4.74 Å². The Bertz CT molecular complexity index is 471. The van der Waals surface area contributed by atoms with Crippen LogP contribution in [-0.2, 0) is 4.74 Å². The molecule has 1 fully saturated rings. The van der Waals surface area contributed by atoms with Crippen molar-refractivity contribution in [3.63, 3.8) is 0 Å². The van der Waals surface area contributed by atoms with E-state index in [0.29, 0.717) is 12.1 Å². The lowest BCUT2D eigenvalue weighted by Gasteiger charge is -2.42. The lowest BCUT2D eigenvalue weighted by molar-refractivity contribution is -0.00657. The molecule has 1 heterocycles. The van der Waals surface area contributed by atoms with Crippen LogP contribution < -0.4 is 5.32 Å². The summed E-state index contributed by atoms with van der Waals surface area (Å²) in [6, 6.07) is 7.44. The number of rotatable bonds is 4.